The summed E-state index contributed by atoms with van der Waals surface area (Å²) in [5.74, 6) is -0.425. The molecule has 2 N–H and O–H groups in total. The molecule has 0 saturated carbocycles. The first-order chi connectivity index (χ1) is 7.86. The molecule has 1 aromatic carbocycles. The third-order valence-electron chi connectivity index (χ3n) is 2.45. The maximum Gasteiger partial charge on any atom is 0.236 e. The van der Waals surface area contributed by atoms with Crippen molar-refractivity contribution in [2.24, 2.45) is 0 Å². The molecule has 1 unspecified atom stereocenters. The monoisotopic (exact) mass is 260 g/mol. The van der Waals surface area contributed by atoms with Crippen molar-refractivity contribution in [3.05, 3.63) is 29.6 Å². The lowest BCUT2D eigenvalue weighted by molar-refractivity contribution is 0.583. The van der Waals surface area contributed by atoms with Gasteiger partial charge in [0.05, 0.1) is 10.9 Å². The minimum Gasteiger partial charge on any atom is -0.318 e. The van der Waals surface area contributed by atoms with E-state index in [1.165, 1.54) is 12.1 Å². The van der Waals surface area contributed by atoms with Crippen LogP contribution in [-0.4, -0.2) is 27.3 Å². The smallest absolute Gasteiger partial charge is 0.236 e. The summed E-state index contributed by atoms with van der Waals surface area (Å²) in [6.07, 6.45) is 0. The second-order valence-electron chi connectivity index (χ2n) is 3.98. The Morgan fingerprint density at radius 3 is 2.59 bits per heavy atom. The van der Waals surface area contributed by atoms with Gasteiger partial charge in [-0.05, 0) is 38.6 Å². The Morgan fingerprint density at radius 1 is 1.41 bits per heavy atom. The highest BCUT2D eigenvalue weighted by molar-refractivity contribution is 7.93. The third kappa shape index (κ3) is 3.67. The predicted octanol–water partition coefficient (Wildman–Crippen LogP) is 1.48. The first-order valence-electron chi connectivity index (χ1n) is 5.29. The fourth-order valence-electron chi connectivity index (χ4n) is 1.32. The maximum absolute atomic E-state index is 13.3. The van der Waals surface area contributed by atoms with Crippen molar-refractivity contribution in [3.63, 3.8) is 0 Å². The van der Waals surface area contributed by atoms with Crippen molar-refractivity contribution >= 4 is 15.7 Å². The lowest BCUT2D eigenvalue weighted by Gasteiger charge is -2.14. The summed E-state index contributed by atoms with van der Waals surface area (Å²) in [7, 11) is -1.81. The lowest BCUT2D eigenvalue weighted by atomic mass is 10.2. The van der Waals surface area contributed by atoms with Crippen LogP contribution in [0.4, 0.5) is 10.1 Å². The van der Waals surface area contributed by atoms with Gasteiger partial charge in [0.1, 0.15) is 5.82 Å². The molecular weight excluding hydrogens is 243 g/mol. The van der Waals surface area contributed by atoms with Gasteiger partial charge in [-0.25, -0.2) is 12.8 Å². The van der Waals surface area contributed by atoms with Gasteiger partial charge in [0.25, 0.3) is 0 Å². The normalized spacial score (nSPS) is 13.4. The summed E-state index contributed by atoms with van der Waals surface area (Å²) in [6.45, 7) is 3.55. The molecule has 0 saturated heterocycles. The molecule has 0 aliphatic carbocycles. The first kappa shape index (κ1) is 13.9. The Bertz CT molecular complexity index is 488. The molecule has 0 amide bonds. The molecule has 17 heavy (non-hydrogen) atoms. The Morgan fingerprint density at radius 2 is 2.06 bits per heavy atom. The summed E-state index contributed by atoms with van der Waals surface area (Å²) in [5, 5.41) is 2.20. The van der Waals surface area contributed by atoms with Gasteiger partial charge in [0.15, 0.2) is 0 Å². The molecule has 0 heterocycles. The van der Waals surface area contributed by atoms with Crippen LogP contribution in [0.1, 0.15) is 12.5 Å². The molecule has 0 aromatic heterocycles. The molecule has 0 fully saturated rings. The number of nitrogens with one attached hydrogen (secondary N) is 2. The summed E-state index contributed by atoms with van der Waals surface area (Å²) < 4.78 is 39.2. The topological polar surface area (TPSA) is 58.2 Å². The molecule has 0 bridgehead atoms. The predicted molar refractivity (Wildman–Crippen MR) is 67.1 cm³/mol. The average molecular weight is 260 g/mol. The Balaban J connectivity index is 2.86. The molecule has 0 aliphatic heterocycles. The largest absolute Gasteiger partial charge is 0.318 e. The Hall–Kier alpha value is -1.14. The van der Waals surface area contributed by atoms with Gasteiger partial charge in [-0.1, -0.05) is 6.07 Å². The van der Waals surface area contributed by atoms with E-state index in [1.54, 1.807) is 27.0 Å². The molecule has 4 nitrogen and oxygen atoms in total. The number of aryl methyl sites for hydroxylation is 1. The zero-order valence-corrected chi connectivity index (χ0v) is 10.9. The van der Waals surface area contributed by atoms with Gasteiger partial charge in [0, 0.05) is 6.54 Å². The van der Waals surface area contributed by atoms with E-state index in [2.05, 4.69) is 10.0 Å². The highest BCUT2D eigenvalue weighted by Crippen LogP contribution is 2.16. The maximum atomic E-state index is 13.3. The van der Waals surface area contributed by atoms with Crippen LogP contribution in [-0.2, 0) is 10.0 Å². The van der Waals surface area contributed by atoms with E-state index in [9.17, 15) is 12.8 Å². The lowest BCUT2D eigenvalue weighted by Crippen LogP contribution is -2.33. The van der Waals surface area contributed by atoms with Crippen molar-refractivity contribution in [3.8, 4) is 0 Å². The van der Waals surface area contributed by atoms with Crippen molar-refractivity contribution in [2.45, 2.75) is 19.1 Å². The number of hydrogen-bond acceptors (Lipinski definition) is 3. The van der Waals surface area contributed by atoms with Crippen molar-refractivity contribution < 1.29 is 12.8 Å². The number of anilines is 1. The highest BCUT2D eigenvalue weighted by Gasteiger charge is 2.19. The van der Waals surface area contributed by atoms with Crippen LogP contribution in [0.2, 0.25) is 0 Å². The quantitative estimate of drug-likeness (QED) is 0.843. The van der Waals surface area contributed by atoms with Crippen LogP contribution in [0.3, 0.4) is 0 Å². The van der Waals surface area contributed by atoms with Gasteiger partial charge in [0.2, 0.25) is 10.0 Å². The van der Waals surface area contributed by atoms with E-state index in [0.717, 1.165) is 0 Å². The minimum atomic E-state index is -3.48. The van der Waals surface area contributed by atoms with Crippen LogP contribution in [0.15, 0.2) is 18.2 Å². The Labute approximate surface area is 101 Å². The summed E-state index contributed by atoms with van der Waals surface area (Å²) in [5.41, 5.74) is 0.729. The second kappa shape index (κ2) is 5.46. The van der Waals surface area contributed by atoms with Crippen molar-refractivity contribution in [1.29, 1.82) is 0 Å². The third-order valence-corrected chi connectivity index (χ3v) is 4.20. The molecule has 1 atom stereocenters. The number of hydrogen-bond donors (Lipinski definition) is 2. The van der Waals surface area contributed by atoms with Crippen LogP contribution in [0, 0.1) is 12.7 Å². The molecule has 0 spiro atoms. The van der Waals surface area contributed by atoms with E-state index >= 15 is 0 Å². The van der Waals surface area contributed by atoms with Gasteiger partial charge >= 0.3 is 0 Å². The first-order valence-corrected chi connectivity index (χ1v) is 6.84. The molecule has 6 heteroatoms. The van der Waals surface area contributed by atoms with Crippen molar-refractivity contribution in [1.82, 2.24) is 5.32 Å². The SMILES string of the molecule is CNCC(C)S(=O)(=O)Nc1ccc(C)c(F)c1. The molecule has 1 rings (SSSR count). The number of halogens is 1. The highest BCUT2D eigenvalue weighted by atomic mass is 32.2. The van der Waals surface area contributed by atoms with Crippen LogP contribution in [0.5, 0.6) is 0 Å². The molecule has 0 radical (unpaired) electrons. The van der Waals surface area contributed by atoms with E-state index in [1.807, 2.05) is 0 Å². The number of benzene rings is 1. The van der Waals surface area contributed by atoms with Crippen LogP contribution in [0.25, 0.3) is 0 Å². The van der Waals surface area contributed by atoms with Crippen LogP contribution >= 0.6 is 0 Å². The molecule has 0 aliphatic rings. The Kier molecular flexibility index (Phi) is 4.47. The molecule has 1 aromatic rings. The van der Waals surface area contributed by atoms with E-state index in [4.69, 9.17) is 0 Å². The van der Waals surface area contributed by atoms with Gasteiger partial charge in [-0.15, -0.1) is 0 Å². The summed E-state index contributed by atoms with van der Waals surface area (Å²) in [6, 6.07) is 4.26. The van der Waals surface area contributed by atoms with E-state index in [0.29, 0.717) is 12.1 Å². The average Bonchev–Trinajstić information content (AvgIpc) is 2.23. The summed E-state index contributed by atoms with van der Waals surface area (Å²) >= 11 is 0. The fourth-order valence-corrected chi connectivity index (χ4v) is 2.36. The standard InChI is InChI=1S/C11H17FN2O2S/c1-8-4-5-10(6-11(8)12)14-17(15,16)9(2)7-13-3/h4-6,9,13-14H,7H2,1-3H3. The number of rotatable bonds is 5. The van der Waals surface area contributed by atoms with Gasteiger partial charge < -0.3 is 5.32 Å². The van der Waals surface area contributed by atoms with Gasteiger partial charge in [-0.2, -0.15) is 0 Å². The zero-order valence-electron chi connectivity index (χ0n) is 10.1. The van der Waals surface area contributed by atoms with E-state index in [-0.39, 0.29) is 5.69 Å². The molecular formula is C11H17FN2O2S. The second-order valence-corrected chi connectivity index (χ2v) is 6.08. The van der Waals surface area contributed by atoms with Crippen molar-refractivity contribution in [2.75, 3.05) is 18.3 Å². The minimum absolute atomic E-state index is 0.246. The summed E-state index contributed by atoms with van der Waals surface area (Å²) in [4.78, 5) is 0. The van der Waals surface area contributed by atoms with Gasteiger partial charge in [-0.3, -0.25) is 4.72 Å². The molecule has 96 valence electrons. The number of sulfonamides is 1. The van der Waals surface area contributed by atoms with Crippen LogP contribution < -0.4 is 10.0 Å². The van der Waals surface area contributed by atoms with E-state index < -0.39 is 21.1 Å². The zero-order chi connectivity index (χ0) is 13.1. The fraction of sp³-hybridized carbons (Fsp3) is 0.455.